The van der Waals surface area contributed by atoms with Crippen LogP contribution in [-0.4, -0.2) is 19.7 Å². The van der Waals surface area contributed by atoms with E-state index in [-0.39, 0.29) is 0 Å². The molecule has 1 unspecified atom stereocenters. The van der Waals surface area contributed by atoms with Gasteiger partial charge in [-0.1, -0.05) is 37.3 Å². The highest BCUT2D eigenvalue weighted by Crippen LogP contribution is 2.35. The monoisotopic (exact) mass is 259 g/mol. The molecule has 19 heavy (non-hydrogen) atoms. The fraction of sp³-hybridized carbons (Fsp3) is 0.529. The second-order valence-corrected chi connectivity index (χ2v) is 5.12. The Kier molecular flexibility index (Phi) is 5.96. The van der Waals surface area contributed by atoms with E-state index in [1.54, 1.807) is 0 Å². The SMILES string of the molecule is CCCNCC/C=C/CC1CCOc2ccccc21. The Hall–Kier alpha value is -1.28. The van der Waals surface area contributed by atoms with Crippen LogP contribution in [0.4, 0.5) is 0 Å². The zero-order valence-electron chi connectivity index (χ0n) is 11.9. The number of rotatable bonds is 7. The van der Waals surface area contributed by atoms with E-state index in [1.165, 1.54) is 12.0 Å². The van der Waals surface area contributed by atoms with Gasteiger partial charge in [0.25, 0.3) is 0 Å². The summed E-state index contributed by atoms with van der Waals surface area (Å²) >= 11 is 0. The molecule has 2 rings (SSSR count). The summed E-state index contributed by atoms with van der Waals surface area (Å²) in [5.74, 6) is 1.71. The van der Waals surface area contributed by atoms with E-state index in [2.05, 4.69) is 48.7 Å². The average Bonchev–Trinajstić information content (AvgIpc) is 2.46. The van der Waals surface area contributed by atoms with E-state index in [0.717, 1.165) is 44.7 Å². The van der Waals surface area contributed by atoms with Gasteiger partial charge >= 0.3 is 0 Å². The van der Waals surface area contributed by atoms with E-state index in [1.807, 2.05) is 0 Å². The molecule has 1 aliphatic rings. The average molecular weight is 259 g/mol. The highest BCUT2D eigenvalue weighted by molar-refractivity contribution is 5.38. The number of para-hydroxylation sites is 1. The predicted molar refractivity (Wildman–Crippen MR) is 80.8 cm³/mol. The largest absolute Gasteiger partial charge is 0.493 e. The van der Waals surface area contributed by atoms with Crippen molar-refractivity contribution in [3.8, 4) is 5.75 Å². The van der Waals surface area contributed by atoms with Crippen molar-refractivity contribution in [1.82, 2.24) is 5.32 Å². The lowest BCUT2D eigenvalue weighted by Gasteiger charge is -2.24. The van der Waals surface area contributed by atoms with Crippen LogP contribution in [0.15, 0.2) is 36.4 Å². The number of fused-ring (bicyclic) bond motifs is 1. The molecule has 2 heteroatoms. The van der Waals surface area contributed by atoms with Gasteiger partial charge in [0, 0.05) is 0 Å². The molecule has 0 saturated heterocycles. The van der Waals surface area contributed by atoms with E-state index in [0.29, 0.717) is 5.92 Å². The van der Waals surface area contributed by atoms with Gasteiger partial charge in [-0.15, -0.1) is 0 Å². The van der Waals surface area contributed by atoms with Crippen molar-refractivity contribution in [3.05, 3.63) is 42.0 Å². The van der Waals surface area contributed by atoms with Crippen LogP contribution < -0.4 is 10.1 Å². The third-order valence-corrected chi connectivity index (χ3v) is 3.58. The lowest BCUT2D eigenvalue weighted by Crippen LogP contribution is -2.15. The minimum Gasteiger partial charge on any atom is -0.493 e. The summed E-state index contributed by atoms with van der Waals surface area (Å²) in [5.41, 5.74) is 1.38. The number of hydrogen-bond donors (Lipinski definition) is 1. The van der Waals surface area contributed by atoms with Crippen LogP contribution >= 0.6 is 0 Å². The van der Waals surface area contributed by atoms with Crippen molar-refractivity contribution in [1.29, 1.82) is 0 Å². The van der Waals surface area contributed by atoms with Crippen LogP contribution in [0.5, 0.6) is 5.75 Å². The first-order valence-electron chi connectivity index (χ1n) is 7.49. The predicted octanol–water partition coefficient (Wildman–Crippen LogP) is 3.89. The van der Waals surface area contributed by atoms with Gasteiger partial charge in [0.15, 0.2) is 0 Å². The molecule has 0 saturated carbocycles. The van der Waals surface area contributed by atoms with E-state index in [4.69, 9.17) is 4.74 Å². The van der Waals surface area contributed by atoms with E-state index in [9.17, 15) is 0 Å². The summed E-state index contributed by atoms with van der Waals surface area (Å²) in [6.45, 7) is 5.27. The highest BCUT2D eigenvalue weighted by Gasteiger charge is 2.19. The number of allylic oxidation sites excluding steroid dienone is 1. The maximum atomic E-state index is 5.69. The van der Waals surface area contributed by atoms with Crippen molar-refractivity contribution < 1.29 is 4.74 Å². The zero-order valence-corrected chi connectivity index (χ0v) is 11.9. The lowest BCUT2D eigenvalue weighted by molar-refractivity contribution is 0.267. The van der Waals surface area contributed by atoms with Crippen LogP contribution in [-0.2, 0) is 0 Å². The summed E-state index contributed by atoms with van der Waals surface area (Å²) in [7, 11) is 0. The van der Waals surface area contributed by atoms with E-state index >= 15 is 0 Å². The van der Waals surface area contributed by atoms with Crippen LogP contribution in [0.3, 0.4) is 0 Å². The van der Waals surface area contributed by atoms with E-state index < -0.39 is 0 Å². The van der Waals surface area contributed by atoms with Crippen molar-refractivity contribution in [2.45, 2.75) is 38.5 Å². The first-order valence-corrected chi connectivity index (χ1v) is 7.49. The molecule has 1 aromatic carbocycles. The van der Waals surface area contributed by atoms with Gasteiger partial charge in [-0.05, 0) is 56.3 Å². The first-order chi connectivity index (χ1) is 9.42. The van der Waals surface area contributed by atoms with Crippen LogP contribution in [0.1, 0.15) is 44.1 Å². The number of nitrogens with one attached hydrogen (secondary N) is 1. The van der Waals surface area contributed by atoms with Gasteiger partial charge in [0.1, 0.15) is 5.75 Å². The summed E-state index contributed by atoms with van der Waals surface area (Å²) < 4.78 is 5.69. The van der Waals surface area contributed by atoms with Crippen LogP contribution in [0.2, 0.25) is 0 Å². The second kappa shape index (κ2) is 8.00. The Balaban J connectivity index is 1.76. The Morgan fingerprint density at radius 2 is 2.16 bits per heavy atom. The van der Waals surface area contributed by atoms with Gasteiger partial charge in [-0.2, -0.15) is 0 Å². The van der Waals surface area contributed by atoms with Crippen molar-refractivity contribution in [3.63, 3.8) is 0 Å². The van der Waals surface area contributed by atoms with Crippen molar-refractivity contribution in [2.75, 3.05) is 19.7 Å². The smallest absolute Gasteiger partial charge is 0.122 e. The Morgan fingerprint density at radius 1 is 1.26 bits per heavy atom. The van der Waals surface area contributed by atoms with Crippen LogP contribution in [0, 0.1) is 0 Å². The van der Waals surface area contributed by atoms with Crippen molar-refractivity contribution >= 4 is 0 Å². The molecule has 0 amide bonds. The molecule has 0 spiro atoms. The zero-order chi connectivity index (χ0) is 13.3. The topological polar surface area (TPSA) is 21.3 Å². The summed E-state index contributed by atoms with van der Waals surface area (Å²) in [6, 6.07) is 8.45. The Labute approximate surface area is 116 Å². The summed E-state index contributed by atoms with van der Waals surface area (Å²) in [5, 5.41) is 3.42. The standard InChI is InChI=1S/C17H25NO/c1-2-12-18-13-7-3-4-8-15-11-14-19-17-10-6-5-9-16(15)17/h3-6,9-10,15,18H,2,7-8,11-14H2,1H3/b4-3+. The molecule has 0 fully saturated rings. The molecular formula is C17H25NO. The minimum absolute atomic E-state index is 0.629. The second-order valence-electron chi connectivity index (χ2n) is 5.12. The summed E-state index contributed by atoms with van der Waals surface area (Å²) in [6.07, 6.45) is 9.25. The normalized spacial score (nSPS) is 18.3. The third kappa shape index (κ3) is 4.39. The maximum Gasteiger partial charge on any atom is 0.122 e. The Bertz CT molecular complexity index is 400. The molecule has 0 radical (unpaired) electrons. The quantitative estimate of drug-likeness (QED) is 0.592. The maximum absolute atomic E-state index is 5.69. The molecule has 2 nitrogen and oxygen atoms in total. The molecule has 0 aliphatic carbocycles. The molecule has 1 aliphatic heterocycles. The molecule has 1 aromatic rings. The van der Waals surface area contributed by atoms with Gasteiger partial charge in [0.05, 0.1) is 6.61 Å². The Morgan fingerprint density at radius 3 is 3.05 bits per heavy atom. The molecular weight excluding hydrogens is 234 g/mol. The summed E-state index contributed by atoms with van der Waals surface area (Å²) in [4.78, 5) is 0. The number of benzene rings is 1. The molecule has 104 valence electrons. The molecule has 1 heterocycles. The number of ether oxygens (including phenoxy) is 1. The fourth-order valence-electron chi connectivity index (χ4n) is 2.53. The van der Waals surface area contributed by atoms with Gasteiger partial charge in [-0.25, -0.2) is 0 Å². The molecule has 0 bridgehead atoms. The molecule has 1 N–H and O–H groups in total. The van der Waals surface area contributed by atoms with Crippen LogP contribution in [0.25, 0.3) is 0 Å². The number of hydrogen-bond acceptors (Lipinski definition) is 2. The third-order valence-electron chi connectivity index (χ3n) is 3.58. The molecule has 0 aromatic heterocycles. The van der Waals surface area contributed by atoms with Crippen molar-refractivity contribution in [2.24, 2.45) is 0 Å². The first kappa shape index (κ1) is 14.1. The van der Waals surface area contributed by atoms with Gasteiger partial charge in [-0.3, -0.25) is 0 Å². The fourth-order valence-corrected chi connectivity index (χ4v) is 2.53. The van der Waals surface area contributed by atoms with Gasteiger partial charge < -0.3 is 10.1 Å². The minimum atomic E-state index is 0.629. The highest BCUT2D eigenvalue weighted by atomic mass is 16.5. The van der Waals surface area contributed by atoms with Gasteiger partial charge in [0.2, 0.25) is 0 Å². The molecule has 1 atom stereocenters. The lowest BCUT2D eigenvalue weighted by atomic mass is 9.90.